The predicted octanol–water partition coefficient (Wildman–Crippen LogP) is 4.10. The Bertz CT molecular complexity index is 1020. The van der Waals surface area contributed by atoms with Crippen molar-refractivity contribution >= 4 is 33.1 Å². The Morgan fingerprint density at radius 1 is 1.17 bits per heavy atom. The lowest BCUT2D eigenvalue weighted by molar-refractivity contribution is 0.105. The highest BCUT2D eigenvalue weighted by atomic mass is 79.9. The molecule has 2 unspecified atom stereocenters. The summed E-state index contributed by atoms with van der Waals surface area (Å²) in [7, 11) is 0. The van der Waals surface area contributed by atoms with E-state index >= 15 is 0 Å². The zero-order chi connectivity index (χ0) is 19.8. The number of ether oxygens (including phenoxy) is 2. The maximum absolute atomic E-state index is 12.7. The quantitative estimate of drug-likeness (QED) is 0.635. The molecule has 150 valence electrons. The number of hydrogen-bond donors (Lipinski definition) is 1. The van der Waals surface area contributed by atoms with Crippen LogP contribution in [0.15, 0.2) is 51.4 Å². The molecule has 2 aliphatic rings. The Morgan fingerprint density at radius 2 is 1.93 bits per heavy atom. The van der Waals surface area contributed by atoms with E-state index in [1.165, 1.54) is 0 Å². The Kier molecular flexibility index (Phi) is 4.89. The number of hydrogen-bond acceptors (Lipinski definition) is 6. The maximum atomic E-state index is 12.7. The van der Waals surface area contributed by atoms with Crippen LogP contribution in [0.4, 0.5) is 4.79 Å². The van der Waals surface area contributed by atoms with Gasteiger partial charge < -0.3 is 19.2 Å². The van der Waals surface area contributed by atoms with Gasteiger partial charge in [0, 0.05) is 25.2 Å². The number of oxazole rings is 1. The molecule has 0 aliphatic carbocycles. The summed E-state index contributed by atoms with van der Waals surface area (Å²) in [4.78, 5) is 18.9. The summed E-state index contributed by atoms with van der Waals surface area (Å²) in [5, 5.41) is 3.35. The molecule has 7 nitrogen and oxygen atoms in total. The van der Waals surface area contributed by atoms with Crippen LogP contribution in [-0.2, 0) is 6.61 Å². The van der Waals surface area contributed by atoms with Gasteiger partial charge in [0.25, 0.3) is 0 Å². The molecule has 1 amide bonds. The Balaban J connectivity index is 1.36. The van der Waals surface area contributed by atoms with Crippen LogP contribution in [0.25, 0.3) is 11.1 Å². The van der Waals surface area contributed by atoms with Crippen molar-refractivity contribution in [1.29, 1.82) is 0 Å². The number of carbonyl (C=O) groups is 1. The van der Waals surface area contributed by atoms with Crippen LogP contribution >= 0.6 is 15.9 Å². The molecule has 3 heterocycles. The SMILES string of the molecule is O=C(Oc1nc2c(OCc3ccccc3)ccc(Br)c2o1)N1C2CCC1CNC2. The van der Waals surface area contributed by atoms with Crippen LogP contribution < -0.4 is 14.8 Å². The smallest absolute Gasteiger partial charge is 0.419 e. The third kappa shape index (κ3) is 3.58. The fraction of sp³-hybridized carbons (Fsp3) is 0.333. The minimum atomic E-state index is -0.409. The highest BCUT2D eigenvalue weighted by molar-refractivity contribution is 9.10. The molecule has 29 heavy (non-hydrogen) atoms. The fourth-order valence-corrected chi connectivity index (χ4v) is 4.43. The molecule has 0 saturated carbocycles. The first kappa shape index (κ1) is 18.4. The van der Waals surface area contributed by atoms with Gasteiger partial charge in [-0.2, -0.15) is 4.98 Å². The molecule has 1 aromatic heterocycles. The van der Waals surface area contributed by atoms with Gasteiger partial charge in [0.1, 0.15) is 12.4 Å². The number of carbonyl (C=O) groups excluding carboxylic acids is 1. The first-order valence-electron chi connectivity index (χ1n) is 9.65. The number of aromatic nitrogens is 1. The summed E-state index contributed by atoms with van der Waals surface area (Å²) >= 11 is 3.46. The van der Waals surface area contributed by atoms with E-state index in [0.717, 1.165) is 36.0 Å². The van der Waals surface area contributed by atoms with Gasteiger partial charge in [0.15, 0.2) is 11.1 Å². The number of nitrogens with zero attached hydrogens (tertiary/aromatic N) is 2. The summed E-state index contributed by atoms with van der Waals surface area (Å²) < 4.78 is 17.9. The third-order valence-corrected chi connectivity index (χ3v) is 6.07. The number of benzene rings is 2. The molecular weight excluding hydrogens is 438 g/mol. The first-order valence-corrected chi connectivity index (χ1v) is 10.4. The summed E-state index contributed by atoms with van der Waals surface area (Å²) in [5.74, 6) is 0.570. The number of rotatable bonds is 4. The van der Waals surface area contributed by atoms with Crippen LogP contribution in [0.2, 0.25) is 0 Å². The average molecular weight is 458 g/mol. The van der Waals surface area contributed by atoms with E-state index < -0.39 is 6.09 Å². The number of piperazine rings is 1. The van der Waals surface area contributed by atoms with E-state index in [-0.39, 0.29) is 18.2 Å². The largest absolute Gasteiger partial charge is 0.486 e. The molecule has 2 atom stereocenters. The zero-order valence-electron chi connectivity index (χ0n) is 15.6. The molecule has 2 bridgehead atoms. The minimum Gasteiger partial charge on any atom is -0.486 e. The number of halogens is 1. The van der Waals surface area contributed by atoms with Crippen molar-refractivity contribution in [2.24, 2.45) is 0 Å². The first-order chi connectivity index (χ1) is 14.2. The van der Waals surface area contributed by atoms with E-state index in [4.69, 9.17) is 13.9 Å². The normalized spacial score (nSPS) is 20.8. The van der Waals surface area contributed by atoms with Gasteiger partial charge in [0.05, 0.1) is 4.47 Å². The lowest BCUT2D eigenvalue weighted by atomic mass is 10.2. The van der Waals surface area contributed by atoms with Gasteiger partial charge in [-0.15, -0.1) is 0 Å². The summed E-state index contributed by atoms with van der Waals surface area (Å²) in [6.07, 6.45) is 1.50. The van der Waals surface area contributed by atoms with E-state index in [1.807, 2.05) is 47.4 Å². The van der Waals surface area contributed by atoms with Crippen molar-refractivity contribution in [2.45, 2.75) is 31.5 Å². The van der Waals surface area contributed by atoms with E-state index in [2.05, 4.69) is 26.2 Å². The standard InChI is InChI=1S/C21H20BrN3O4/c22-16-8-9-17(27-12-13-4-2-1-3-5-13)18-19(16)28-20(24-18)29-21(26)25-14-6-7-15(25)11-23-10-14/h1-5,8-9,14-15,23H,6-7,10-12H2. The van der Waals surface area contributed by atoms with Crippen LogP contribution in [0.1, 0.15) is 18.4 Å². The average Bonchev–Trinajstić information content (AvgIpc) is 3.27. The van der Waals surface area contributed by atoms with Crippen molar-refractivity contribution in [2.75, 3.05) is 13.1 Å². The fourth-order valence-electron chi connectivity index (χ4n) is 4.03. The molecule has 3 aromatic rings. The molecule has 0 spiro atoms. The van der Waals surface area contributed by atoms with Gasteiger partial charge in [-0.25, -0.2) is 4.79 Å². The lowest BCUT2D eigenvalue weighted by Gasteiger charge is -2.33. The van der Waals surface area contributed by atoms with Crippen LogP contribution in [0.5, 0.6) is 11.8 Å². The molecule has 1 N–H and O–H groups in total. The summed E-state index contributed by atoms with van der Waals surface area (Å²) in [6.45, 7) is 1.99. The van der Waals surface area contributed by atoms with Crippen LogP contribution in [0, 0.1) is 0 Å². The Hall–Kier alpha value is -2.58. The number of amides is 1. The van der Waals surface area contributed by atoms with E-state index in [9.17, 15) is 4.79 Å². The number of fused-ring (bicyclic) bond motifs is 3. The highest BCUT2D eigenvalue weighted by Crippen LogP contribution is 2.35. The van der Waals surface area contributed by atoms with Gasteiger partial charge >= 0.3 is 12.2 Å². The molecular formula is C21H20BrN3O4. The molecule has 8 heteroatoms. The van der Waals surface area contributed by atoms with Crippen molar-refractivity contribution in [3.8, 4) is 11.8 Å². The molecule has 2 saturated heterocycles. The summed E-state index contributed by atoms with van der Waals surface area (Å²) in [6, 6.07) is 13.9. The van der Waals surface area contributed by atoms with Gasteiger partial charge in [-0.05, 0) is 46.5 Å². The molecule has 0 radical (unpaired) electrons. The predicted molar refractivity (Wildman–Crippen MR) is 110 cm³/mol. The third-order valence-electron chi connectivity index (χ3n) is 5.44. The Morgan fingerprint density at radius 3 is 2.69 bits per heavy atom. The van der Waals surface area contributed by atoms with E-state index in [1.54, 1.807) is 0 Å². The van der Waals surface area contributed by atoms with Gasteiger partial charge in [0.2, 0.25) is 0 Å². The molecule has 2 aliphatic heterocycles. The molecule has 2 fully saturated rings. The molecule has 5 rings (SSSR count). The van der Waals surface area contributed by atoms with Gasteiger partial charge in [-0.3, -0.25) is 4.90 Å². The van der Waals surface area contributed by atoms with Crippen molar-refractivity contribution in [3.63, 3.8) is 0 Å². The van der Waals surface area contributed by atoms with Crippen molar-refractivity contribution in [1.82, 2.24) is 15.2 Å². The lowest BCUT2D eigenvalue weighted by Crippen LogP contribution is -2.55. The second kappa shape index (κ2) is 7.68. The summed E-state index contributed by atoms with van der Waals surface area (Å²) in [5.41, 5.74) is 2.05. The monoisotopic (exact) mass is 457 g/mol. The van der Waals surface area contributed by atoms with E-state index in [0.29, 0.717) is 23.5 Å². The minimum absolute atomic E-state index is 0.0700. The van der Waals surface area contributed by atoms with Crippen molar-refractivity contribution < 1.29 is 18.7 Å². The van der Waals surface area contributed by atoms with Crippen LogP contribution in [-0.4, -0.2) is 41.2 Å². The maximum Gasteiger partial charge on any atom is 0.419 e. The van der Waals surface area contributed by atoms with Gasteiger partial charge in [-0.1, -0.05) is 30.3 Å². The molecule has 2 aromatic carbocycles. The topological polar surface area (TPSA) is 76.8 Å². The van der Waals surface area contributed by atoms with Crippen molar-refractivity contribution in [3.05, 3.63) is 52.5 Å². The van der Waals surface area contributed by atoms with Crippen LogP contribution in [0.3, 0.4) is 0 Å². The second-order valence-electron chi connectivity index (χ2n) is 7.30. The zero-order valence-corrected chi connectivity index (χ0v) is 17.2. The second-order valence-corrected chi connectivity index (χ2v) is 8.15. The number of nitrogens with one attached hydrogen (secondary N) is 1. The Labute approximate surface area is 176 Å². The highest BCUT2D eigenvalue weighted by Gasteiger charge is 2.41.